The van der Waals surface area contributed by atoms with E-state index in [1.165, 1.54) is 0 Å². The third-order valence-electron chi connectivity index (χ3n) is 2.20. The van der Waals surface area contributed by atoms with Crippen LogP contribution in [0.5, 0.6) is 0 Å². The summed E-state index contributed by atoms with van der Waals surface area (Å²) < 4.78 is 5.55. The molecule has 3 nitrogen and oxygen atoms in total. The number of nitrogens with two attached hydrogens (primary N) is 1. The molecule has 1 aliphatic heterocycles. The lowest BCUT2D eigenvalue weighted by Crippen LogP contribution is -2.30. The second kappa shape index (κ2) is 6.13. The first kappa shape index (κ1) is 10.7. The van der Waals surface area contributed by atoms with Gasteiger partial charge in [0.25, 0.3) is 0 Å². The standard InChI is InChI=1S/C10H20N2O/c1-10-9-12(6-3-2-5-11)7-4-8-13-10/h2-3,10H,4-9,11H2,1H3/b3-2+. The van der Waals surface area contributed by atoms with Crippen molar-refractivity contribution in [2.75, 3.05) is 32.8 Å². The Morgan fingerprint density at radius 1 is 1.54 bits per heavy atom. The monoisotopic (exact) mass is 184 g/mol. The second-order valence-corrected chi connectivity index (χ2v) is 3.50. The van der Waals surface area contributed by atoms with E-state index in [-0.39, 0.29) is 0 Å². The molecule has 1 atom stereocenters. The molecule has 76 valence electrons. The van der Waals surface area contributed by atoms with Gasteiger partial charge in [-0.05, 0) is 13.3 Å². The van der Waals surface area contributed by atoms with Crippen LogP contribution in [-0.4, -0.2) is 43.8 Å². The molecule has 1 saturated heterocycles. The van der Waals surface area contributed by atoms with Gasteiger partial charge >= 0.3 is 0 Å². The SMILES string of the molecule is CC1CN(C/C=C/CN)CCCO1. The van der Waals surface area contributed by atoms with E-state index in [1.54, 1.807) is 0 Å². The number of rotatable bonds is 3. The van der Waals surface area contributed by atoms with Gasteiger partial charge in [0.05, 0.1) is 6.10 Å². The molecule has 0 aliphatic carbocycles. The molecule has 1 heterocycles. The molecule has 0 aromatic carbocycles. The fraction of sp³-hybridized carbons (Fsp3) is 0.800. The van der Waals surface area contributed by atoms with Crippen molar-refractivity contribution in [1.29, 1.82) is 0 Å². The fourth-order valence-electron chi connectivity index (χ4n) is 1.57. The van der Waals surface area contributed by atoms with Crippen LogP contribution in [0, 0.1) is 0 Å². The Morgan fingerprint density at radius 2 is 2.38 bits per heavy atom. The van der Waals surface area contributed by atoms with Gasteiger partial charge in [-0.3, -0.25) is 4.90 Å². The zero-order chi connectivity index (χ0) is 9.52. The maximum atomic E-state index is 5.55. The van der Waals surface area contributed by atoms with Crippen molar-refractivity contribution < 1.29 is 4.74 Å². The number of ether oxygens (including phenoxy) is 1. The van der Waals surface area contributed by atoms with Crippen molar-refractivity contribution in [1.82, 2.24) is 4.90 Å². The molecule has 0 radical (unpaired) electrons. The third-order valence-corrected chi connectivity index (χ3v) is 2.20. The van der Waals surface area contributed by atoms with Gasteiger partial charge in [0.15, 0.2) is 0 Å². The van der Waals surface area contributed by atoms with Crippen molar-refractivity contribution in [3.8, 4) is 0 Å². The molecule has 1 fully saturated rings. The Morgan fingerprint density at radius 3 is 3.15 bits per heavy atom. The predicted molar refractivity (Wildman–Crippen MR) is 54.7 cm³/mol. The van der Waals surface area contributed by atoms with Crippen LogP contribution in [0.25, 0.3) is 0 Å². The molecule has 0 spiro atoms. The molecular formula is C10H20N2O. The van der Waals surface area contributed by atoms with Crippen molar-refractivity contribution >= 4 is 0 Å². The van der Waals surface area contributed by atoms with Crippen molar-refractivity contribution in [3.63, 3.8) is 0 Å². The quantitative estimate of drug-likeness (QED) is 0.653. The zero-order valence-corrected chi connectivity index (χ0v) is 8.41. The Bertz CT molecular complexity index is 159. The van der Waals surface area contributed by atoms with Crippen LogP contribution in [0.1, 0.15) is 13.3 Å². The first-order chi connectivity index (χ1) is 6.33. The highest BCUT2D eigenvalue weighted by molar-refractivity contribution is 4.86. The fourth-order valence-corrected chi connectivity index (χ4v) is 1.57. The minimum Gasteiger partial charge on any atom is -0.377 e. The molecular weight excluding hydrogens is 164 g/mol. The van der Waals surface area contributed by atoms with Gasteiger partial charge < -0.3 is 10.5 Å². The highest BCUT2D eigenvalue weighted by Gasteiger charge is 2.12. The average molecular weight is 184 g/mol. The summed E-state index contributed by atoms with van der Waals surface area (Å²) in [5.41, 5.74) is 5.37. The normalized spacial score (nSPS) is 26.5. The summed E-state index contributed by atoms with van der Waals surface area (Å²) in [5, 5.41) is 0. The largest absolute Gasteiger partial charge is 0.377 e. The van der Waals surface area contributed by atoms with Gasteiger partial charge in [-0.1, -0.05) is 12.2 Å². The summed E-state index contributed by atoms with van der Waals surface area (Å²) in [6.45, 7) is 6.85. The Hall–Kier alpha value is -0.380. The van der Waals surface area contributed by atoms with Gasteiger partial charge in [0.2, 0.25) is 0 Å². The van der Waals surface area contributed by atoms with Crippen molar-refractivity contribution in [3.05, 3.63) is 12.2 Å². The first-order valence-electron chi connectivity index (χ1n) is 5.02. The highest BCUT2D eigenvalue weighted by atomic mass is 16.5. The number of nitrogens with zero attached hydrogens (tertiary/aromatic N) is 1. The second-order valence-electron chi connectivity index (χ2n) is 3.50. The summed E-state index contributed by atoms with van der Waals surface area (Å²) in [7, 11) is 0. The minimum absolute atomic E-state index is 0.369. The van der Waals surface area contributed by atoms with Crippen molar-refractivity contribution in [2.24, 2.45) is 5.73 Å². The van der Waals surface area contributed by atoms with Gasteiger partial charge in [-0.2, -0.15) is 0 Å². The lowest BCUT2D eigenvalue weighted by Gasteiger charge is -2.19. The molecule has 3 heteroatoms. The van der Waals surface area contributed by atoms with Crippen LogP contribution < -0.4 is 5.73 Å². The summed E-state index contributed by atoms with van der Waals surface area (Å²) in [4.78, 5) is 2.41. The third kappa shape index (κ3) is 4.41. The maximum Gasteiger partial charge on any atom is 0.0674 e. The predicted octanol–water partition coefficient (Wildman–Crippen LogP) is 0.612. The molecule has 0 amide bonds. The lowest BCUT2D eigenvalue weighted by atomic mass is 10.3. The summed E-state index contributed by atoms with van der Waals surface area (Å²) >= 11 is 0. The molecule has 0 saturated carbocycles. The van der Waals surface area contributed by atoms with Crippen LogP contribution in [0.2, 0.25) is 0 Å². The smallest absolute Gasteiger partial charge is 0.0674 e. The summed E-state index contributed by atoms with van der Waals surface area (Å²) in [6, 6.07) is 0. The summed E-state index contributed by atoms with van der Waals surface area (Å²) in [5.74, 6) is 0. The van der Waals surface area contributed by atoms with E-state index < -0.39 is 0 Å². The van der Waals surface area contributed by atoms with E-state index in [1.807, 2.05) is 6.08 Å². The topological polar surface area (TPSA) is 38.5 Å². The van der Waals surface area contributed by atoms with Gasteiger partial charge in [-0.15, -0.1) is 0 Å². The van der Waals surface area contributed by atoms with E-state index in [0.717, 1.165) is 32.7 Å². The molecule has 0 aromatic heterocycles. The minimum atomic E-state index is 0.369. The zero-order valence-electron chi connectivity index (χ0n) is 8.41. The van der Waals surface area contributed by atoms with Crippen molar-refractivity contribution in [2.45, 2.75) is 19.4 Å². The summed E-state index contributed by atoms with van der Waals surface area (Å²) in [6.07, 6.45) is 5.66. The lowest BCUT2D eigenvalue weighted by molar-refractivity contribution is 0.0692. The molecule has 2 N–H and O–H groups in total. The van der Waals surface area contributed by atoms with Crippen LogP contribution in [0.15, 0.2) is 12.2 Å². The van der Waals surface area contributed by atoms with E-state index in [9.17, 15) is 0 Å². The molecule has 0 aromatic rings. The molecule has 0 bridgehead atoms. The first-order valence-corrected chi connectivity index (χ1v) is 5.02. The van der Waals surface area contributed by atoms with Crippen LogP contribution >= 0.6 is 0 Å². The highest BCUT2D eigenvalue weighted by Crippen LogP contribution is 2.04. The van der Waals surface area contributed by atoms with E-state index in [4.69, 9.17) is 10.5 Å². The molecule has 1 unspecified atom stereocenters. The van der Waals surface area contributed by atoms with E-state index >= 15 is 0 Å². The van der Waals surface area contributed by atoms with E-state index in [0.29, 0.717) is 12.6 Å². The average Bonchev–Trinajstić information content (AvgIpc) is 2.31. The van der Waals surface area contributed by atoms with Gasteiger partial charge in [0, 0.05) is 32.8 Å². The van der Waals surface area contributed by atoms with E-state index in [2.05, 4.69) is 17.9 Å². The van der Waals surface area contributed by atoms with Gasteiger partial charge in [0.1, 0.15) is 0 Å². The molecule has 1 rings (SSSR count). The Labute approximate surface area is 80.5 Å². The van der Waals surface area contributed by atoms with Gasteiger partial charge in [-0.25, -0.2) is 0 Å². The number of hydrogen-bond donors (Lipinski definition) is 1. The Kier molecular flexibility index (Phi) is 5.05. The van der Waals surface area contributed by atoms with Crippen LogP contribution in [0.4, 0.5) is 0 Å². The van der Waals surface area contributed by atoms with Crippen LogP contribution in [-0.2, 0) is 4.74 Å². The molecule has 1 aliphatic rings. The molecule has 13 heavy (non-hydrogen) atoms. The maximum absolute atomic E-state index is 5.55. The van der Waals surface area contributed by atoms with Crippen LogP contribution in [0.3, 0.4) is 0 Å². The number of hydrogen-bond acceptors (Lipinski definition) is 3. The Balaban J connectivity index is 2.26.